The Kier molecular flexibility index (Phi) is 3.84. The van der Waals surface area contributed by atoms with E-state index in [1.807, 2.05) is 31.2 Å². The number of halogens is 1. The largest absolute Gasteiger partial charge is 0.490 e. The van der Waals surface area contributed by atoms with E-state index in [-0.39, 0.29) is 6.10 Å². The Labute approximate surface area is 84.0 Å². The SMILES string of the molecule is C=CCC(C)Oc1cccc(Cl)c1. The van der Waals surface area contributed by atoms with Gasteiger partial charge in [0.1, 0.15) is 5.75 Å². The van der Waals surface area contributed by atoms with E-state index < -0.39 is 0 Å². The van der Waals surface area contributed by atoms with Crippen LogP contribution in [0.1, 0.15) is 13.3 Å². The van der Waals surface area contributed by atoms with Crippen LogP contribution >= 0.6 is 11.6 Å². The Bertz CT molecular complexity index is 283. The summed E-state index contributed by atoms with van der Waals surface area (Å²) >= 11 is 5.81. The number of hydrogen-bond donors (Lipinski definition) is 0. The van der Waals surface area contributed by atoms with E-state index in [4.69, 9.17) is 16.3 Å². The minimum Gasteiger partial charge on any atom is -0.490 e. The maximum Gasteiger partial charge on any atom is 0.121 e. The van der Waals surface area contributed by atoms with E-state index in [0.717, 1.165) is 12.2 Å². The number of hydrogen-bond acceptors (Lipinski definition) is 1. The van der Waals surface area contributed by atoms with Crippen molar-refractivity contribution in [1.82, 2.24) is 0 Å². The summed E-state index contributed by atoms with van der Waals surface area (Å²) in [4.78, 5) is 0. The van der Waals surface area contributed by atoms with Crippen molar-refractivity contribution in [1.29, 1.82) is 0 Å². The van der Waals surface area contributed by atoms with Crippen LogP contribution in [-0.4, -0.2) is 6.10 Å². The van der Waals surface area contributed by atoms with Crippen LogP contribution in [0.3, 0.4) is 0 Å². The first kappa shape index (κ1) is 10.1. The van der Waals surface area contributed by atoms with Gasteiger partial charge in [-0.05, 0) is 25.1 Å². The summed E-state index contributed by atoms with van der Waals surface area (Å²) in [5, 5.41) is 0.698. The summed E-state index contributed by atoms with van der Waals surface area (Å²) < 4.78 is 5.58. The number of benzene rings is 1. The molecule has 0 bridgehead atoms. The molecule has 1 unspecified atom stereocenters. The predicted molar refractivity (Wildman–Crippen MR) is 56.4 cm³/mol. The van der Waals surface area contributed by atoms with Gasteiger partial charge in [-0.3, -0.25) is 0 Å². The molecular weight excluding hydrogens is 184 g/mol. The summed E-state index contributed by atoms with van der Waals surface area (Å²) in [5.74, 6) is 0.807. The lowest BCUT2D eigenvalue weighted by molar-refractivity contribution is 0.225. The molecule has 1 rings (SSSR count). The highest BCUT2D eigenvalue weighted by atomic mass is 35.5. The Morgan fingerprint density at radius 3 is 3.00 bits per heavy atom. The molecule has 0 heterocycles. The molecule has 1 nitrogen and oxygen atoms in total. The normalized spacial score (nSPS) is 12.2. The van der Waals surface area contributed by atoms with Crippen molar-refractivity contribution in [3.8, 4) is 5.75 Å². The number of rotatable bonds is 4. The minimum atomic E-state index is 0.149. The van der Waals surface area contributed by atoms with E-state index >= 15 is 0 Å². The summed E-state index contributed by atoms with van der Waals surface area (Å²) in [6.07, 6.45) is 2.83. The van der Waals surface area contributed by atoms with Gasteiger partial charge < -0.3 is 4.74 Å². The fourth-order valence-electron chi connectivity index (χ4n) is 1.06. The van der Waals surface area contributed by atoms with Crippen LogP contribution < -0.4 is 4.74 Å². The maximum atomic E-state index is 5.81. The summed E-state index contributed by atoms with van der Waals surface area (Å²) in [6, 6.07) is 7.40. The average Bonchev–Trinajstić information content (AvgIpc) is 2.04. The van der Waals surface area contributed by atoms with Crippen LogP contribution in [0, 0.1) is 0 Å². The highest BCUT2D eigenvalue weighted by Gasteiger charge is 2.01. The quantitative estimate of drug-likeness (QED) is 0.668. The third-order valence-electron chi connectivity index (χ3n) is 1.63. The van der Waals surface area contributed by atoms with E-state index in [0.29, 0.717) is 5.02 Å². The lowest BCUT2D eigenvalue weighted by atomic mass is 10.3. The zero-order valence-corrected chi connectivity index (χ0v) is 8.42. The molecule has 1 aromatic rings. The molecular formula is C11H13ClO. The van der Waals surface area contributed by atoms with Gasteiger partial charge in [0.15, 0.2) is 0 Å². The van der Waals surface area contributed by atoms with Crippen molar-refractivity contribution in [2.24, 2.45) is 0 Å². The Morgan fingerprint density at radius 2 is 2.38 bits per heavy atom. The zero-order chi connectivity index (χ0) is 9.68. The molecule has 0 spiro atoms. The highest BCUT2D eigenvalue weighted by molar-refractivity contribution is 6.30. The van der Waals surface area contributed by atoms with E-state index in [2.05, 4.69) is 6.58 Å². The van der Waals surface area contributed by atoms with Crippen LogP contribution in [0.15, 0.2) is 36.9 Å². The molecule has 0 aromatic heterocycles. The molecule has 0 amide bonds. The van der Waals surface area contributed by atoms with Gasteiger partial charge in [0, 0.05) is 11.4 Å². The smallest absolute Gasteiger partial charge is 0.121 e. The fourth-order valence-corrected chi connectivity index (χ4v) is 1.24. The minimum absolute atomic E-state index is 0.149. The van der Waals surface area contributed by atoms with Crippen molar-refractivity contribution in [2.75, 3.05) is 0 Å². The second-order valence-electron chi connectivity index (χ2n) is 2.91. The van der Waals surface area contributed by atoms with Gasteiger partial charge in [-0.15, -0.1) is 6.58 Å². The lowest BCUT2D eigenvalue weighted by Gasteiger charge is -2.12. The first-order chi connectivity index (χ1) is 6.22. The molecule has 0 N–H and O–H groups in total. The van der Waals surface area contributed by atoms with Crippen LogP contribution in [0.25, 0.3) is 0 Å². The second kappa shape index (κ2) is 4.93. The van der Waals surface area contributed by atoms with E-state index in [1.54, 1.807) is 6.07 Å². The highest BCUT2D eigenvalue weighted by Crippen LogP contribution is 2.18. The molecule has 70 valence electrons. The first-order valence-electron chi connectivity index (χ1n) is 4.25. The second-order valence-corrected chi connectivity index (χ2v) is 3.35. The third-order valence-corrected chi connectivity index (χ3v) is 1.87. The van der Waals surface area contributed by atoms with Gasteiger partial charge in [-0.25, -0.2) is 0 Å². The number of ether oxygens (including phenoxy) is 1. The monoisotopic (exact) mass is 196 g/mol. The zero-order valence-electron chi connectivity index (χ0n) is 7.66. The van der Waals surface area contributed by atoms with Gasteiger partial charge >= 0.3 is 0 Å². The molecule has 13 heavy (non-hydrogen) atoms. The summed E-state index contributed by atoms with van der Waals surface area (Å²) in [6.45, 7) is 5.66. The van der Waals surface area contributed by atoms with Gasteiger partial charge in [0.05, 0.1) is 6.10 Å². The van der Waals surface area contributed by atoms with Gasteiger partial charge in [-0.2, -0.15) is 0 Å². The van der Waals surface area contributed by atoms with Crippen molar-refractivity contribution < 1.29 is 4.74 Å². The topological polar surface area (TPSA) is 9.23 Å². The molecule has 0 aliphatic rings. The molecule has 0 radical (unpaired) electrons. The lowest BCUT2D eigenvalue weighted by Crippen LogP contribution is -2.09. The summed E-state index contributed by atoms with van der Waals surface area (Å²) in [5.41, 5.74) is 0. The molecule has 0 saturated heterocycles. The van der Waals surface area contributed by atoms with Crippen LogP contribution in [-0.2, 0) is 0 Å². The van der Waals surface area contributed by atoms with Crippen molar-refractivity contribution in [3.63, 3.8) is 0 Å². The molecule has 0 aliphatic carbocycles. The van der Waals surface area contributed by atoms with Crippen LogP contribution in [0.2, 0.25) is 5.02 Å². The van der Waals surface area contributed by atoms with Crippen LogP contribution in [0.4, 0.5) is 0 Å². The molecule has 0 fully saturated rings. The van der Waals surface area contributed by atoms with Gasteiger partial charge in [0.25, 0.3) is 0 Å². The maximum absolute atomic E-state index is 5.81. The molecule has 1 aromatic carbocycles. The molecule has 0 aliphatic heterocycles. The Hall–Kier alpha value is -0.950. The van der Waals surface area contributed by atoms with Crippen molar-refractivity contribution >= 4 is 11.6 Å². The van der Waals surface area contributed by atoms with Crippen molar-refractivity contribution in [3.05, 3.63) is 41.9 Å². The predicted octanol–water partition coefficient (Wildman–Crippen LogP) is 3.68. The molecule has 0 saturated carbocycles. The van der Waals surface area contributed by atoms with E-state index in [9.17, 15) is 0 Å². The Balaban J connectivity index is 2.58. The average molecular weight is 197 g/mol. The van der Waals surface area contributed by atoms with Gasteiger partial charge in [0.2, 0.25) is 0 Å². The first-order valence-corrected chi connectivity index (χ1v) is 4.63. The molecule has 1 atom stereocenters. The van der Waals surface area contributed by atoms with Crippen LogP contribution in [0.5, 0.6) is 5.75 Å². The van der Waals surface area contributed by atoms with E-state index in [1.165, 1.54) is 0 Å². The molecule has 2 heteroatoms. The third kappa shape index (κ3) is 3.51. The summed E-state index contributed by atoms with van der Waals surface area (Å²) in [7, 11) is 0. The standard InChI is InChI=1S/C11H13ClO/c1-3-5-9(2)13-11-7-4-6-10(12)8-11/h3-4,6-9H,1,5H2,2H3. The van der Waals surface area contributed by atoms with Crippen molar-refractivity contribution in [2.45, 2.75) is 19.4 Å². The fraction of sp³-hybridized carbons (Fsp3) is 0.273. The Morgan fingerprint density at radius 1 is 1.62 bits per heavy atom. The van der Waals surface area contributed by atoms with Gasteiger partial charge in [-0.1, -0.05) is 23.7 Å².